The summed E-state index contributed by atoms with van der Waals surface area (Å²) in [6, 6.07) is 6.91. The minimum atomic E-state index is -4.44. The molecule has 8 heteroatoms. The van der Waals surface area contributed by atoms with Crippen molar-refractivity contribution in [3.63, 3.8) is 0 Å². The molecule has 21 heavy (non-hydrogen) atoms. The summed E-state index contributed by atoms with van der Waals surface area (Å²) < 4.78 is 77.4. The summed E-state index contributed by atoms with van der Waals surface area (Å²) in [6.45, 7) is -1.84. The van der Waals surface area contributed by atoms with Crippen molar-refractivity contribution in [2.75, 3.05) is 19.8 Å². The Morgan fingerprint density at radius 1 is 0.952 bits per heavy atom. The Hall–Kier alpha value is -1.28. The molecule has 0 saturated heterocycles. The van der Waals surface area contributed by atoms with Gasteiger partial charge >= 0.3 is 12.4 Å². The second-order valence-electron chi connectivity index (χ2n) is 4.40. The van der Waals surface area contributed by atoms with E-state index in [4.69, 9.17) is 0 Å². The number of hydrogen-bond donors (Lipinski definition) is 1. The van der Waals surface area contributed by atoms with Gasteiger partial charge in [0.05, 0.1) is 13.0 Å². The summed E-state index contributed by atoms with van der Waals surface area (Å²) >= 11 is 0. The fraction of sp³-hybridized carbons (Fsp3) is 0.538. The van der Waals surface area contributed by atoms with Crippen LogP contribution in [0.2, 0.25) is 0 Å². The predicted octanol–water partition coefficient (Wildman–Crippen LogP) is 3.85. The molecule has 1 N–H and O–H groups in total. The lowest BCUT2D eigenvalue weighted by Gasteiger charge is -2.21. The lowest BCUT2D eigenvalue weighted by Crippen LogP contribution is -2.30. The van der Waals surface area contributed by atoms with Crippen molar-refractivity contribution in [2.45, 2.75) is 24.8 Å². The zero-order chi connectivity index (χ0) is 15.9. The van der Waals surface area contributed by atoms with E-state index in [9.17, 15) is 26.3 Å². The smallest absolute Gasteiger partial charge is 0.371 e. The Morgan fingerprint density at radius 2 is 1.57 bits per heavy atom. The van der Waals surface area contributed by atoms with Crippen LogP contribution in [0, 0.1) is 0 Å². The van der Waals surface area contributed by atoms with Gasteiger partial charge < -0.3 is 10.1 Å². The van der Waals surface area contributed by atoms with Crippen molar-refractivity contribution < 1.29 is 31.1 Å². The van der Waals surface area contributed by atoms with Gasteiger partial charge in [0.25, 0.3) is 0 Å². The highest BCUT2D eigenvalue weighted by Crippen LogP contribution is 2.29. The molecule has 120 valence electrons. The van der Waals surface area contributed by atoms with E-state index in [1.165, 1.54) is 12.1 Å². The number of ether oxygens (including phenoxy) is 1. The zero-order valence-corrected chi connectivity index (χ0v) is 11.0. The third kappa shape index (κ3) is 8.56. The lowest BCUT2D eigenvalue weighted by molar-refractivity contribution is -0.173. The average molecular weight is 315 g/mol. The Kier molecular flexibility index (Phi) is 6.47. The Balaban J connectivity index is 2.47. The highest BCUT2D eigenvalue weighted by Gasteiger charge is 2.32. The Morgan fingerprint density at radius 3 is 2.10 bits per heavy atom. The number of hydrogen-bond acceptors (Lipinski definition) is 2. The van der Waals surface area contributed by atoms with E-state index in [-0.39, 0.29) is 13.2 Å². The van der Waals surface area contributed by atoms with E-state index in [1.807, 2.05) is 0 Å². The van der Waals surface area contributed by atoms with Crippen LogP contribution in [0.3, 0.4) is 0 Å². The molecule has 0 heterocycles. The van der Waals surface area contributed by atoms with Crippen LogP contribution in [0.5, 0.6) is 0 Å². The molecule has 1 aromatic carbocycles. The standard InChI is InChI=1S/C13H15F6NO/c14-12(15,16)8-11(10-4-2-1-3-5-10)20-6-7-21-9-13(17,18)19/h1-5,11,20H,6-9H2. The molecule has 0 radical (unpaired) electrons. The van der Waals surface area contributed by atoms with Gasteiger partial charge in [-0.15, -0.1) is 0 Å². The summed E-state index contributed by atoms with van der Waals surface area (Å²) in [6.07, 6.45) is -9.92. The minimum absolute atomic E-state index is 0.105. The predicted molar refractivity (Wildman–Crippen MR) is 64.7 cm³/mol. The molecular formula is C13H15F6NO. The van der Waals surface area contributed by atoms with Gasteiger partial charge in [-0.1, -0.05) is 30.3 Å². The van der Waals surface area contributed by atoms with Crippen LogP contribution in [0.4, 0.5) is 26.3 Å². The molecule has 1 atom stereocenters. The fourth-order valence-corrected chi connectivity index (χ4v) is 1.72. The molecule has 0 amide bonds. The number of benzene rings is 1. The van der Waals surface area contributed by atoms with E-state index in [0.29, 0.717) is 5.56 Å². The average Bonchev–Trinajstić information content (AvgIpc) is 2.35. The molecule has 0 aliphatic carbocycles. The summed E-state index contributed by atoms with van der Waals surface area (Å²) in [5, 5.41) is 2.57. The van der Waals surface area contributed by atoms with E-state index in [2.05, 4.69) is 10.1 Å². The van der Waals surface area contributed by atoms with Crippen LogP contribution >= 0.6 is 0 Å². The van der Waals surface area contributed by atoms with Gasteiger partial charge in [-0.2, -0.15) is 26.3 Å². The maximum Gasteiger partial charge on any atom is 0.411 e. The van der Waals surface area contributed by atoms with E-state index in [1.54, 1.807) is 18.2 Å². The van der Waals surface area contributed by atoms with Gasteiger partial charge in [0, 0.05) is 12.6 Å². The Labute approximate surface area is 118 Å². The highest BCUT2D eigenvalue weighted by atomic mass is 19.4. The van der Waals surface area contributed by atoms with Crippen molar-refractivity contribution in [1.29, 1.82) is 0 Å². The quantitative estimate of drug-likeness (QED) is 0.609. The molecule has 0 aromatic heterocycles. The van der Waals surface area contributed by atoms with Gasteiger partial charge in [0.15, 0.2) is 0 Å². The van der Waals surface area contributed by atoms with E-state index >= 15 is 0 Å². The van der Waals surface area contributed by atoms with Crippen molar-refractivity contribution in [2.24, 2.45) is 0 Å². The van der Waals surface area contributed by atoms with Crippen molar-refractivity contribution >= 4 is 0 Å². The molecule has 0 fully saturated rings. The third-order valence-corrected chi connectivity index (χ3v) is 2.54. The zero-order valence-electron chi connectivity index (χ0n) is 11.0. The summed E-state index contributed by atoms with van der Waals surface area (Å²) in [5.41, 5.74) is 0.422. The SMILES string of the molecule is FC(F)(F)COCCNC(CC(F)(F)F)c1ccccc1. The molecule has 0 aliphatic rings. The van der Waals surface area contributed by atoms with Crippen LogP contribution in [-0.2, 0) is 4.74 Å². The molecular weight excluding hydrogens is 300 g/mol. The molecule has 1 aromatic rings. The van der Waals surface area contributed by atoms with Gasteiger partial charge in [-0.25, -0.2) is 0 Å². The van der Waals surface area contributed by atoms with Gasteiger partial charge in [-0.05, 0) is 5.56 Å². The number of alkyl halides is 6. The second-order valence-corrected chi connectivity index (χ2v) is 4.40. The van der Waals surface area contributed by atoms with Crippen LogP contribution in [0.15, 0.2) is 30.3 Å². The largest absolute Gasteiger partial charge is 0.411 e. The van der Waals surface area contributed by atoms with Crippen LogP contribution in [-0.4, -0.2) is 32.1 Å². The van der Waals surface area contributed by atoms with Crippen LogP contribution in [0.25, 0.3) is 0 Å². The number of rotatable bonds is 7. The summed E-state index contributed by atoms with van der Waals surface area (Å²) in [4.78, 5) is 0. The number of halogens is 6. The first-order chi connectivity index (χ1) is 9.67. The molecule has 0 spiro atoms. The van der Waals surface area contributed by atoms with Crippen molar-refractivity contribution in [3.05, 3.63) is 35.9 Å². The summed E-state index contributed by atoms with van der Waals surface area (Å²) in [5.74, 6) is 0. The van der Waals surface area contributed by atoms with E-state index < -0.39 is 31.4 Å². The second kappa shape index (κ2) is 7.65. The van der Waals surface area contributed by atoms with Gasteiger partial charge in [0.1, 0.15) is 6.61 Å². The molecule has 2 nitrogen and oxygen atoms in total. The van der Waals surface area contributed by atoms with Gasteiger partial charge in [0.2, 0.25) is 0 Å². The highest BCUT2D eigenvalue weighted by molar-refractivity contribution is 5.19. The minimum Gasteiger partial charge on any atom is -0.371 e. The Bertz CT molecular complexity index is 403. The van der Waals surface area contributed by atoms with Crippen LogP contribution < -0.4 is 5.32 Å². The fourth-order valence-electron chi connectivity index (χ4n) is 1.72. The third-order valence-electron chi connectivity index (χ3n) is 2.54. The van der Waals surface area contributed by atoms with E-state index in [0.717, 1.165) is 0 Å². The maximum atomic E-state index is 12.5. The molecule has 0 saturated carbocycles. The lowest BCUT2D eigenvalue weighted by atomic mass is 10.0. The molecule has 1 rings (SSSR count). The van der Waals surface area contributed by atoms with Crippen molar-refractivity contribution in [3.8, 4) is 0 Å². The summed E-state index contributed by atoms with van der Waals surface area (Å²) in [7, 11) is 0. The van der Waals surface area contributed by atoms with Crippen LogP contribution in [0.1, 0.15) is 18.0 Å². The van der Waals surface area contributed by atoms with Gasteiger partial charge in [-0.3, -0.25) is 0 Å². The van der Waals surface area contributed by atoms with Crippen molar-refractivity contribution in [1.82, 2.24) is 5.32 Å². The maximum absolute atomic E-state index is 12.5. The first-order valence-corrected chi connectivity index (χ1v) is 6.17. The first kappa shape index (κ1) is 17.8. The molecule has 0 aliphatic heterocycles. The first-order valence-electron chi connectivity index (χ1n) is 6.17. The molecule has 0 bridgehead atoms. The monoisotopic (exact) mass is 315 g/mol. The topological polar surface area (TPSA) is 21.3 Å². The normalized spacial score (nSPS) is 14.2. The molecule has 1 unspecified atom stereocenters. The number of nitrogens with one attached hydrogen (secondary N) is 1.